The Morgan fingerprint density at radius 2 is 2.06 bits per heavy atom. The van der Waals surface area contributed by atoms with Crippen LogP contribution >= 0.6 is 0 Å². The van der Waals surface area contributed by atoms with Gasteiger partial charge in [-0.25, -0.2) is 0 Å². The van der Waals surface area contributed by atoms with Gasteiger partial charge in [0.1, 0.15) is 23.8 Å². The van der Waals surface area contributed by atoms with Crippen LogP contribution < -0.4 is 4.74 Å². The minimum absolute atomic E-state index is 0.0125. The highest BCUT2D eigenvalue weighted by atomic mass is 16.6. The van der Waals surface area contributed by atoms with Gasteiger partial charge in [0, 0.05) is 18.5 Å². The Bertz CT molecular complexity index is 941. The number of methoxy groups -OCH3 is 1. The quantitative estimate of drug-likeness (QED) is 0.262. The number of fused-ring (bicyclic) bond motifs is 3. The van der Waals surface area contributed by atoms with Gasteiger partial charge < -0.3 is 24.1 Å². The Morgan fingerprint density at radius 1 is 1.29 bits per heavy atom. The van der Waals surface area contributed by atoms with Crippen molar-refractivity contribution in [1.82, 2.24) is 4.90 Å². The summed E-state index contributed by atoms with van der Waals surface area (Å²) in [4.78, 5) is 15.6. The van der Waals surface area contributed by atoms with E-state index < -0.39 is 0 Å². The molecule has 0 aromatic heterocycles. The van der Waals surface area contributed by atoms with Crippen LogP contribution in [0.3, 0.4) is 0 Å². The van der Waals surface area contributed by atoms with E-state index in [2.05, 4.69) is 25.3 Å². The van der Waals surface area contributed by atoms with E-state index in [1.807, 2.05) is 6.92 Å². The minimum atomic E-state index is -0.339. The Labute approximate surface area is 202 Å². The molecule has 1 aromatic carbocycles. The van der Waals surface area contributed by atoms with Gasteiger partial charge in [-0.15, -0.1) is 0 Å². The fraction of sp³-hybridized carbons (Fsp3) is 0.593. The molecule has 2 unspecified atom stereocenters. The predicted octanol–water partition coefficient (Wildman–Crippen LogP) is 4.29. The molecule has 0 amide bonds. The van der Waals surface area contributed by atoms with E-state index in [1.54, 1.807) is 24.3 Å². The van der Waals surface area contributed by atoms with E-state index in [0.29, 0.717) is 30.9 Å². The summed E-state index contributed by atoms with van der Waals surface area (Å²) in [5.41, 5.74) is 1.28. The zero-order chi connectivity index (χ0) is 24.4. The average Bonchev–Trinajstić information content (AvgIpc) is 3.25. The van der Waals surface area contributed by atoms with Crippen LogP contribution in [-0.4, -0.2) is 73.2 Å². The summed E-state index contributed by atoms with van der Waals surface area (Å²) < 4.78 is 23.7. The minimum Gasteiger partial charge on any atom is -0.507 e. The molecular weight excluding hydrogens is 434 g/mol. The Hall–Kier alpha value is -2.19. The van der Waals surface area contributed by atoms with Crippen LogP contribution in [0, 0.1) is 5.92 Å². The second-order valence-electron chi connectivity index (χ2n) is 9.30. The summed E-state index contributed by atoms with van der Waals surface area (Å²) >= 11 is 0. The lowest BCUT2D eigenvalue weighted by Gasteiger charge is -2.42. The van der Waals surface area contributed by atoms with Crippen molar-refractivity contribution < 1.29 is 28.8 Å². The molecule has 34 heavy (non-hydrogen) atoms. The predicted molar refractivity (Wildman–Crippen MR) is 129 cm³/mol. The first kappa shape index (κ1) is 24.9. The van der Waals surface area contributed by atoms with E-state index in [0.717, 1.165) is 25.0 Å². The van der Waals surface area contributed by atoms with Crippen LogP contribution in [0.1, 0.15) is 50.4 Å². The maximum Gasteiger partial charge on any atom is 0.199 e. The van der Waals surface area contributed by atoms with Crippen molar-refractivity contribution in [1.29, 1.82) is 0 Å². The monoisotopic (exact) mass is 471 g/mol. The second-order valence-corrected chi connectivity index (χ2v) is 9.30. The van der Waals surface area contributed by atoms with Crippen molar-refractivity contribution >= 4 is 5.78 Å². The molecule has 3 aliphatic heterocycles. The van der Waals surface area contributed by atoms with Gasteiger partial charge in [0.2, 0.25) is 0 Å². The number of hydrogen-bond acceptors (Lipinski definition) is 7. The van der Waals surface area contributed by atoms with Crippen LogP contribution in [0.5, 0.6) is 5.75 Å². The number of aliphatic hydroxyl groups excluding tert-OH is 1. The fourth-order valence-corrected chi connectivity index (χ4v) is 5.79. The number of hydrogen-bond donors (Lipinski definition) is 1. The number of ether oxygens (including phenoxy) is 4. The van der Waals surface area contributed by atoms with Crippen LogP contribution in [0.15, 0.2) is 47.7 Å². The van der Waals surface area contributed by atoms with Crippen molar-refractivity contribution in [3.8, 4) is 5.75 Å². The zero-order valence-electron chi connectivity index (χ0n) is 20.7. The number of allylic oxidation sites excluding steroid dienone is 1. The van der Waals surface area contributed by atoms with E-state index in [-0.39, 0.29) is 53.6 Å². The van der Waals surface area contributed by atoms with Gasteiger partial charge in [-0.1, -0.05) is 32.6 Å². The highest BCUT2D eigenvalue weighted by molar-refractivity contribution is 6.12. The topological polar surface area (TPSA) is 77.5 Å². The van der Waals surface area contributed by atoms with Gasteiger partial charge in [-0.3, -0.25) is 9.69 Å². The third-order valence-electron chi connectivity index (χ3n) is 7.50. The molecule has 6 atom stereocenters. The first-order chi connectivity index (χ1) is 16.4. The van der Waals surface area contributed by atoms with E-state index in [4.69, 9.17) is 18.9 Å². The fourth-order valence-electron chi connectivity index (χ4n) is 5.79. The van der Waals surface area contributed by atoms with Crippen molar-refractivity contribution in [3.05, 3.63) is 53.3 Å². The van der Waals surface area contributed by atoms with Gasteiger partial charge in [0.25, 0.3) is 0 Å². The molecule has 1 aromatic rings. The lowest BCUT2D eigenvalue weighted by molar-refractivity contribution is -0.142. The Kier molecular flexibility index (Phi) is 7.77. The smallest absolute Gasteiger partial charge is 0.199 e. The van der Waals surface area contributed by atoms with Crippen LogP contribution in [0.25, 0.3) is 0 Å². The molecule has 4 rings (SSSR count). The number of morpholine rings is 1. The summed E-state index contributed by atoms with van der Waals surface area (Å²) in [6.45, 7) is 12.3. The number of carbonyl (C=O) groups excluding carboxylic acids is 1. The molecule has 7 nitrogen and oxygen atoms in total. The number of rotatable bonds is 8. The SMILES string of the molecule is C=C(C(=O)c1ccccc1OC)/C(O)=C(\CC)C(CC)C1C[C@H]2[C@H](O[C@@H]3COCCN32)[C@H](C)O1. The number of para-hydroxylation sites is 1. The zero-order valence-corrected chi connectivity index (χ0v) is 20.7. The molecule has 7 heteroatoms. The third kappa shape index (κ3) is 4.54. The first-order valence-corrected chi connectivity index (χ1v) is 12.3. The van der Waals surface area contributed by atoms with Gasteiger partial charge >= 0.3 is 0 Å². The van der Waals surface area contributed by atoms with Crippen molar-refractivity contribution in [2.75, 3.05) is 26.9 Å². The van der Waals surface area contributed by atoms with Crippen molar-refractivity contribution in [2.45, 2.75) is 70.6 Å². The van der Waals surface area contributed by atoms with Crippen molar-refractivity contribution in [2.24, 2.45) is 5.92 Å². The first-order valence-electron chi connectivity index (χ1n) is 12.3. The molecule has 3 heterocycles. The van der Waals surface area contributed by atoms with Gasteiger partial charge in [-0.05, 0) is 43.9 Å². The number of ketones is 1. The lowest BCUT2D eigenvalue weighted by Crippen LogP contribution is -2.53. The Morgan fingerprint density at radius 3 is 2.76 bits per heavy atom. The summed E-state index contributed by atoms with van der Waals surface area (Å²) in [6, 6.07) is 7.26. The van der Waals surface area contributed by atoms with Crippen LogP contribution in [-0.2, 0) is 14.2 Å². The normalized spacial score (nSPS) is 30.6. The summed E-state index contributed by atoms with van der Waals surface area (Å²) in [7, 11) is 1.52. The van der Waals surface area contributed by atoms with Gasteiger partial charge in [0.05, 0.1) is 43.7 Å². The van der Waals surface area contributed by atoms with E-state index in [1.165, 1.54) is 7.11 Å². The molecule has 0 bridgehead atoms. The number of aliphatic hydroxyl groups is 1. The lowest BCUT2D eigenvalue weighted by atomic mass is 9.81. The average molecular weight is 472 g/mol. The molecular formula is C27H37NO6. The molecule has 3 fully saturated rings. The maximum absolute atomic E-state index is 13.2. The van der Waals surface area contributed by atoms with Crippen molar-refractivity contribution in [3.63, 3.8) is 0 Å². The molecule has 186 valence electrons. The van der Waals surface area contributed by atoms with E-state index in [9.17, 15) is 9.90 Å². The molecule has 3 saturated heterocycles. The number of carbonyl (C=O) groups is 1. The van der Waals surface area contributed by atoms with Crippen LogP contribution in [0.4, 0.5) is 0 Å². The molecule has 3 aliphatic rings. The highest BCUT2D eigenvalue weighted by Gasteiger charge is 2.51. The molecule has 1 N–H and O–H groups in total. The second kappa shape index (κ2) is 10.6. The highest BCUT2D eigenvalue weighted by Crippen LogP contribution is 2.41. The van der Waals surface area contributed by atoms with Gasteiger partial charge in [-0.2, -0.15) is 0 Å². The largest absolute Gasteiger partial charge is 0.507 e. The van der Waals surface area contributed by atoms with Gasteiger partial charge in [0.15, 0.2) is 5.78 Å². The number of nitrogens with zero attached hydrogens (tertiary/aromatic N) is 1. The van der Waals surface area contributed by atoms with E-state index >= 15 is 0 Å². The molecule has 0 radical (unpaired) electrons. The molecule has 0 spiro atoms. The summed E-state index contributed by atoms with van der Waals surface area (Å²) in [6.07, 6.45) is 2.05. The third-order valence-corrected chi connectivity index (χ3v) is 7.50. The molecule has 0 aliphatic carbocycles. The standard InChI is InChI=1S/C27H37NO6/c1-6-18(23-14-21-27(17(4)33-23)34-24-15-32-13-12-28(21)24)19(7-2)25(29)16(3)26(30)20-10-8-9-11-22(20)31-5/h8-11,17-18,21,23-24,27,29H,3,6-7,12-15H2,1-2,4-5H3/b25-19-/t17-,18?,21-,23?,24+,27+/m0/s1. The summed E-state index contributed by atoms with van der Waals surface area (Å²) in [5, 5.41) is 11.3. The Balaban J connectivity index is 1.58. The molecule has 0 saturated carbocycles. The number of Topliss-reactive ketones (excluding diaryl/α,β-unsaturated/α-hetero) is 1. The van der Waals surface area contributed by atoms with Crippen LogP contribution in [0.2, 0.25) is 0 Å². The summed E-state index contributed by atoms with van der Waals surface area (Å²) in [5.74, 6) is 0.0590. The number of benzene rings is 1. The maximum atomic E-state index is 13.2.